The smallest absolute Gasteiger partial charge is 0.414 e. The molecule has 1 atom stereocenters. The number of hydrogen-bond acceptors (Lipinski definition) is 7. The number of hydrogen-bond donors (Lipinski definition) is 2. The molecule has 0 aliphatic rings. The van der Waals surface area contributed by atoms with E-state index in [1.807, 2.05) is 0 Å². The Kier molecular flexibility index (Phi) is 4.36. The van der Waals surface area contributed by atoms with Crippen molar-refractivity contribution < 1.29 is 9.53 Å². The van der Waals surface area contributed by atoms with Crippen molar-refractivity contribution in [1.82, 2.24) is 24.7 Å². The molecule has 2 aromatic heterocycles. The molecule has 2 heterocycles. The van der Waals surface area contributed by atoms with E-state index in [1.54, 1.807) is 46.2 Å². The van der Waals surface area contributed by atoms with Gasteiger partial charge in [0.1, 0.15) is 5.60 Å². The van der Waals surface area contributed by atoms with E-state index in [-0.39, 0.29) is 5.95 Å². The summed E-state index contributed by atoms with van der Waals surface area (Å²) < 4.78 is 6.54. The van der Waals surface area contributed by atoms with E-state index in [0.717, 1.165) is 0 Å². The van der Waals surface area contributed by atoms with Gasteiger partial charge in [0.05, 0.1) is 6.04 Å². The summed E-state index contributed by atoms with van der Waals surface area (Å²) in [5.74, 6) is 0.825. The van der Waals surface area contributed by atoms with Gasteiger partial charge in [-0.05, 0) is 33.8 Å². The van der Waals surface area contributed by atoms with Gasteiger partial charge in [0.15, 0.2) is 5.82 Å². The van der Waals surface area contributed by atoms with Gasteiger partial charge in [0.2, 0.25) is 0 Å². The number of rotatable bonds is 3. The lowest BCUT2D eigenvalue weighted by atomic mass is 10.2. The third-order valence-corrected chi connectivity index (χ3v) is 2.39. The van der Waals surface area contributed by atoms with Crippen LogP contribution >= 0.6 is 0 Å². The van der Waals surface area contributed by atoms with Crippen LogP contribution in [0.15, 0.2) is 18.5 Å². The Morgan fingerprint density at radius 2 is 2.00 bits per heavy atom. The highest BCUT2D eigenvalue weighted by Crippen LogP contribution is 2.15. The van der Waals surface area contributed by atoms with Gasteiger partial charge in [-0.25, -0.2) is 14.8 Å². The molecule has 2 rings (SSSR count). The van der Waals surface area contributed by atoms with Crippen LogP contribution in [-0.4, -0.2) is 36.4 Å². The van der Waals surface area contributed by atoms with Crippen molar-refractivity contribution in [3.05, 3.63) is 24.3 Å². The third-order valence-electron chi connectivity index (χ3n) is 2.39. The molecule has 3 N–H and O–H groups in total. The lowest BCUT2D eigenvalue weighted by molar-refractivity contribution is 0.0634. The molecular weight excluding hydrogens is 286 g/mol. The van der Waals surface area contributed by atoms with Gasteiger partial charge in [-0.15, -0.1) is 5.10 Å². The first-order chi connectivity index (χ1) is 10.3. The normalized spacial score (nSPS) is 12.8. The first-order valence-corrected chi connectivity index (χ1v) is 6.76. The van der Waals surface area contributed by atoms with Gasteiger partial charge in [0, 0.05) is 12.4 Å². The molecule has 1 amide bonds. The Bertz CT molecular complexity index is 646. The van der Waals surface area contributed by atoms with Crippen LogP contribution in [0.4, 0.5) is 10.7 Å². The maximum absolute atomic E-state index is 11.8. The number of amides is 1. The Morgan fingerprint density at radius 1 is 1.36 bits per heavy atom. The highest BCUT2D eigenvalue weighted by atomic mass is 16.6. The van der Waals surface area contributed by atoms with Crippen LogP contribution in [0.1, 0.15) is 39.6 Å². The molecule has 0 aliphatic carbocycles. The number of carbonyl (C=O) groups is 1. The van der Waals surface area contributed by atoms with E-state index < -0.39 is 17.7 Å². The topological polar surface area (TPSA) is 121 Å². The van der Waals surface area contributed by atoms with Crippen molar-refractivity contribution in [2.24, 2.45) is 5.73 Å². The molecule has 9 heteroatoms. The quantitative estimate of drug-likeness (QED) is 0.879. The van der Waals surface area contributed by atoms with Crippen molar-refractivity contribution >= 4 is 12.0 Å². The van der Waals surface area contributed by atoms with Crippen molar-refractivity contribution in [2.45, 2.75) is 39.3 Å². The minimum atomic E-state index is -0.644. The van der Waals surface area contributed by atoms with Gasteiger partial charge < -0.3 is 10.5 Å². The average molecular weight is 305 g/mol. The highest BCUT2D eigenvalue weighted by Gasteiger charge is 2.21. The molecule has 2 aromatic rings. The lowest BCUT2D eigenvalue weighted by Gasteiger charge is -2.18. The summed E-state index contributed by atoms with van der Waals surface area (Å²) >= 11 is 0. The molecule has 0 spiro atoms. The van der Waals surface area contributed by atoms with Crippen LogP contribution in [0.25, 0.3) is 5.95 Å². The van der Waals surface area contributed by atoms with E-state index in [4.69, 9.17) is 10.5 Å². The zero-order chi connectivity index (χ0) is 16.3. The number of aromatic nitrogens is 5. The maximum Gasteiger partial charge on any atom is 0.414 e. The molecule has 118 valence electrons. The minimum Gasteiger partial charge on any atom is -0.444 e. The fourth-order valence-electron chi connectivity index (χ4n) is 1.61. The Balaban J connectivity index is 2.26. The van der Waals surface area contributed by atoms with Crippen LogP contribution in [-0.2, 0) is 4.74 Å². The minimum absolute atomic E-state index is 0.0778. The van der Waals surface area contributed by atoms with Gasteiger partial charge in [-0.1, -0.05) is 0 Å². The lowest BCUT2D eigenvalue weighted by Crippen LogP contribution is -2.27. The fourth-order valence-corrected chi connectivity index (χ4v) is 1.61. The van der Waals surface area contributed by atoms with Crippen LogP contribution in [0.3, 0.4) is 0 Å². The second kappa shape index (κ2) is 6.06. The first-order valence-electron chi connectivity index (χ1n) is 6.76. The highest BCUT2D eigenvalue weighted by molar-refractivity contribution is 5.82. The van der Waals surface area contributed by atoms with Crippen LogP contribution in [0.2, 0.25) is 0 Å². The molecule has 0 bridgehead atoms. The second-order valence-electron chi connectivity index (χ2n) is 5.67. The first kappa shape index (κ1) is 15.8. The number of ether oxygens (including phenoxy) is 1. The Morgan fingerprint density at radius 3 is 2.55 bits per heavy atom. The van der Waals surface area contributed by atoms with Gasteiger partial charge in [-0.3, -0.25) is 5.32 Å². The summed E-state index contributed by atoms with van der Waals surface area (Å²) in [7, 11) is 0. The van der Waals surface area contributed by atoms with E-state index >= 15 is 0 Å². The average Bonchev–Trinajstić information content (AvgIpc) is 2.81. The monoisotopic (exact) mass is 305 g/mol. The summed E-state index contributed by atoms with van der Waals surface area (Å²) in [6, 6.07) is 1.27. The Labute approximate surface area is 127 Å². The predicted octanol–water partition coefficient (Wildman–Crippen LogP) is 1.42. The summed E-state index contributed by atoms with van der Waals surface area (Å²) in [6.07, 6.45) is 2.51. The number of anilines is 1. The second-order valence-corrected chi connectivity index (χ2v) is 5.67. The van der Waals surface area contributed by atoms with E-state index in [2.05, 4.69) is 25.4 Å². The number of nitrogens with zero attached hydrogens (tertiary/aromatic N) is 5. The van der Waals surface area contributed by atoms with Gasteiger partial charge in [-0.2, -0.15) is 9.67 Å². The largest absolute Gasteiger partial charge is 0.444 e. The zero-order valence-electron chi connectivity index (χ0n) is 12.9. The Hall–Kier alpha value is -2.55. The predicted molar refractivity (Wildman–Crippen MR) is 79.4 cm³/mol. The van der Waals surface area contributed by atoms with Crippen molar-refractivity contribution in [2.75, 3.05) is 5.32 Å². The summed E-state index contributed by atoms with van der Waals surface area (Å²) in [4.78, 5) is 24.1. The van der Waals surface area contributed by atoms with Gasteiger partial charge in [0.25, 0.3) is 11.9 Å². The molecule has 0 saturated carbocycles. The van der Waals surface area contributed by atoms with E-state index in [1.165, 1.54) is 4.68 Å². The molecule has 0 aliphatic heterocycles. The summed E-state index contributed by atoms with van der Waals surface area (Å²) in [5, 5.41) is 6.63. The fraction of sp³-hybridized carbons (Fsp3) is 0.462. The standard InChI is InChI=1S/C13H19N7O2/c1-8(14)9-17-10(18-12(21)22-13(2,3)4)19-20(9)11-15-6-5-7-16-11/h5-8H,14H2,1-4H3,(H,18,19,21). The molecule has 0 radical (unpaired) electrons. The summed E-state index contributed by atoms with van der Waals surface area (Å²) in [5.41, 5.74) is 5.26. The van der Waals surface area contributed by atoms with Crippen LogP contribution in [0, 0.1) is 0 Å². The number of nitrogens with two attached hydrogens (primary N) is 1. The van der Waals surface area contributed by atoms with Crippen LogP contribution in [0.5, 0.6) is 0 Å². The van der Waals surface area contributed by atoms with Crippen molar-refractivity contribution in [3.8, 4) is 5.95 Å². The van der Waals surface area contributed by atoms with E-state index in [0.29, 0.717) is 11.8 Å². The van der Waals surface area contributed by atoms with E-state index in [9.17, 15) is 4.79 Å². The van der Waals surface area contributed by atoms with Crippen molar-refractivity contribution in [1.29, 1.82) is 0 Å². The molecule has 0 aromatic carbocycles. The number of nitrogens with one attached hydrogen (secondary N) is 1. The third kappa shape index (κ3) is 3.98. The molecule has 0 saturated heterocycles. The molecule has 22 heavy (non-hydrogen) atoms. The molecule has 1 unspecified atom stereocenters. The molecule has 9 nitrogen and oxygen atoms in total. The zero-order valence-corrected chi connectivity index (χ0v) is 12.9. The maximum atomic E-state index is 11.8. The SMILES string of the molecule is CC(N)c1nc(NC(=O)OC(C)(C)C)nn1-c1ncccn1. The molecule has 0 fully saturated rings. The number of carbonyl (C=O) groups excluding carboxylic acids is 1. The molecular formula is C13H19N7O2. The van der Waals surface area contributed by atoms with Crippen LogP contribution < -0.4 is 11.1 Å². The summed E-state index contributed by atoms with van der Waals surface area (Å²) in [6.45, 7) is 7.05. The van der Waals surface area contributed by atoms with Crippen molar-refractivity contribution in [3.63, 3.8) is 0 Å². The van der Waals surface area contributed by atoms with Gasteiger partial charge >= 0.3 is 6.09 Å².